The number of ether oxygens (including phenoxy) is 7. The van der Waals surface area contributed by atoms with Crippen molar-refractivity contribution in [3.63, 3.8) is 0 Å². The Labute approximate surface area is 300 Å². The van der Waals surface area contributed by atoms with Gasteiger partial charge in [0.2, 0.25) is 6.29 Å². The number of rotatable bonds is 9. The van der Waals surface area contributed by atoms with Gasteiger partial charge in [0.15, 0.2) is 35.6 Å². The van der Waals surface area contributed by atoms with E-state index in [1.807, 2.05) is 0 Å². The normalized spacial score (nSPS) is 37.8. The molecule has 3 fully saturated rings. The van der Waals surface area contributed by atoms with Crippen LogP contribution in [0.1, 0.15) is 13.8 Å². The molecule has 2 aromatic carbocycles. The van der Waals surface area contributed by atoms with Gasteiger partial charge in [-0.3, -0.25) is 4.79 Å². The van der Waals surface area contributed by atoms with Crippen LogP contribution in [0.4, 0.5) is 0 Å². The zero-order valence-electron chi connectivity index (χ0n) is 28.5. The molecule has 3 aliphatic rings. The van der Waals surface area contributed by atoms with Gasteiger partial charge in [-0.25, -0.2) is 0 Å². The summed E-state index contributed by atoms with van der Waals surface area (Å²) in [6.45, 7) is 1.95. The summed E-state index contributed by atoms with van der Waals surface area (Å²) >= 11 is 0. The molecule has 4 heterocycles. The summed E-state index contributed by atoms with van der Waals surface area (Å²) in [5, 5.41) is 105. The molecule has 6 unspecified atom stereocenters. The van der Waals surface area contributed by atoms with Gasteiger partial charge in [0.1, 0.15) is 83.2 Å². The van der Waals surface area contributed by atoms with Crippen LogP contribution in [-0.4, -0.2) is 157 Å². The monoisotopic (exact) mass is 754 g/mol. The molecular weight excluding hydrogens is 712 g/mol. The van der Waals surface area contributed by atoms with Crippen LogP contribution >= 0.6 is 0 Å². The van der Waals surface area contributed by atoms with E-state index in [2.05, 4.69) is 0 Å². The number of fused-ring (bicyclic) bond motifs is 1. The number of hydrogen-bond acceptors (Lipinski definition) is 19. The largest absolute Gasteiger partial charge is 0.507 e. The van der Waals surface area contributed by atoms with Crippen molar-refractivity contribution in [2.24, 2.45) is 0 Å². The first-order valence-electron chi connectivity index (χ1n) is 16.6. The van der Waals surface area contributed by atoms with E-state index >= 15 is 0 Å². The third-order valence-electron chi connectivity index (χ3n) is 9.50. The molecule has 19 heteroatoms. The van der Waals surface area contributed by atoms with Crippen LogP contribution in [0.25, 0.3) is 22.3 Å². The summed E-state index contributed by atoms with van der Waals surface area (Å²) in [7, 11) is 1.36. The van der Waals surface area contributed by atoms with Gasteiger partial charge in [-0.15, -0.1) is 0 Å². The van der Waals surface area contributed by atoms with Crippen molar-refractivity contribution >= 4 is 11.0 Å². The quantitative estimate of drug-likeness (QED) is 0.110. The Balaban J connectivity index is 1.34. The van der Waals surface area contributed by atoms with Gasteiger partial charge in [0.05, 0.1) is 25.9 Å². The predicted molar refractivity (Wildman–Crippen MR) is 175 cm³/mol. The first-order valence-corrected chi connectivity index (χ1v) is 16.6. The Morgan fingerprint density at radius 1 is 0.679 bits per heavy atom. The van der Waals surface area contributed by atoms with Gasteiger partial charge in [-0.1, -0.05) is 0 Å². The fourth-order valence-electron chi connectivity index (χ4n) is 6.44. The summed E-state index contributed by atoms with van der Waals surface area (Å²) < 4.78 is 45.7. The highest BCUT2D eigenvalue weighted by Crippen LogP contribution is 2.37. The van der Waals surface area contributed by atoms with Crippen molar-refractivity contribution in [2.75, 3.05) is 13.7 Å². The molecule has 6 rings (SSSR count). The molecular formula is C34H42O19. The third kappa shape index (κ3) is 7.54. The highest BCUT2D eigenvalue weighted by molar-refractivity contribution is 5.86. The zero-order chi connectivity index (χ0) is 38.5. The number of benzene rings is 2. The Morgan fingerprint density at radius 3 is 1.85 bits per heavy atom. The van der Waals surface area contributed by atoms with E-state index in [9.17, 15) is 55.9 Å². The average Bonchev–Trinajstić information content (AvgIpc) is 3.12. The van der Waals surface area contributed by atoms with Crippen LogP contribution in [0.2, 0.25) is 0 Å². The van der Waals surface area contributed by atoms with Gasteiger partial charge in [0, 0.05) is 23.8 Å². The maximum absolute atomic E-state index is 13.1. The summed E-state index contributed by atoms with van der Waals surface area (Å²) in [6, 6.07) is 7.63. The Bertz CT molecular complexity index is 1800. The summed E-state index contributed by atoms with van der Waals surface area (Å²) in [5.74, 6) is -0.866. The molecule has 53 heavy (non-hydrogen) atoms. The standard InChI is InChI=1S/C34H42O19/c1-11-23(39)25(41)27(43)32(47-11)52-30-21(10-35)51-34(31(29(30)45)53-33-28(44)26(42)24(40)12(2)48-33)49-14-7-16(37)22-17(38)9-19(50-20(22)8-14)13-4-5-18(46-3)15(36)6-13/h4-9,11-12,21,23-37,39-45H,10H2,1-3H3/t11?,12?,21?,23-,24-,25-,26-,27?,28?,29-,30+,31?,32-,33-,34+/m0/s1. The number of aliphatic hydroxyl groups excluding tert-OH is 8. The minimum atomic E-state index is -1.89. The molecule has 10 N–H and O–H groups in total. The Morgan fingerprint density at radius 2 is 1.28 bits per heavy atom. The van der Waals surface area contributed by atoms with Gasteiger partial charge in [-0.2, -0.15) is 0 Å². The maximum atomic E-state index is 13.1. The van der Waals surface area contributed by atoms with E-state index in [1.165, 1.54) is 45.2 Å². The van der Waals surface area contributed by atoms with Crippen LogP contribution < -0.4 is 14.9 Å². The molecule has 0 saturated carbocycles. The van der Waals surface area contributed by atoms with Gasteiger partial charge < -0.3 is 88.6 Å². The molecule has 0 amide bonds. The molecule has 0 radical (unpaired) electrons. The maximum Gasteiger partial charge on any atom is 0.229 e. The van der Waals surface area contributed by atoms with E-state index in [1.54, 1.807) is 0 Å². The number of aliphatic hydroxyl groups is 8. The smallest absolute Gasteiger partial charge is 0.229 e. The zero-order valence-corrected chi connectivity index (χ0v) is 28.5. The van der Waals surface area contributed by atoms with Gasteiger partial charge in [0.25, 0.3) is 0 Å². The van der Waals surface area contributed by atoms with E-state index in [0.717, 1.165) is 12.1 Å². The van der Waals surface area contributed by atoms with Crippen LogP contribution in [0.3, 0.4) is 0 Å². The van der Waals surface area contributed by atoms with Gasteiger partial charge >= 0.3 is 0 Å². The second-order valence-electron chi connectivity index (χ2n) is 13.1. The highest BCUT2D eigenvalue weighted by atomic mass is 16.8. The second-order valence-corrected chi connectivity index (χ2v) is 13.1. The van der Waals surface area contributed by atoms with Crippen molar-refractivity contribution in [1.82, 2.24) is 0 Å². The summed E-state index contributed by atoms with van der Waals surface area (Å²) in [5.41, 5.74) is -0.543. The molecule has 0 spiro atoms. The van der Waals surface area contributed by atoms with E-state index in [-0.39, 0.29) is 39.5 Å². The molecule has 15 atom stereocenters. The lowest BCUT2D eigenvalue weighted by Gasteiger charge is -2.48. The van der Waals surface area contributed by atoms with Gasteiger partial charge in [-0.05, 0) is 32.0 Å². The van der Waals surface area contributed by atoms with Crippen LogP contribution in [0.15, 0.2) is 45.6 Å². The van der Waals surface area contributed by atoms with Crippen molar-refractivity contribution in [3.05, 3.63) is 46.6 Å². The van der Waals surface area contributed by atoms with E-state index in [4.69, 9.17) is 37.6 Å². The molecule has 292 valence electrons. The highest BCUT2D eigenvalue weighted by Gasteiger charge is 2.54. The fourth-order valence-corrected chi connectivity index (χ4v) is 6.44. The van der Waals surface area contributed by atoms with E-state index in [0.29, 0.717) is 0 Å². The molecule has 3 aromatic rings. The topological polar surface area (TPSA) is 297 Å². The third-order valence-corrected chi connectivity index (χ3v) is 9.50. The molecule has 3 aliphatic heterocycles. The minimum Gasteiger partial charge on any atom is -0.507 e. The van der Waals surface area contributed by atoms with Crippen LogP contribution in [0.5, 0.6) is 23.0 Å². The molecule has 1 aromatic heterocycles. The average molecular weight is 755 g/mol. The number of methoxy groups -OCH3 is 1. The number of hydrogen-bond donors (Lipinski definition) is 10. The first kappa shape index (κ1) is 39.0. The number of phenols is 2. The second kappa shape index (κ2) is 15.6. The van der Waals surface area contributed by atoms with Crippen molar-refractivity contribution in [2.45, 2.75) is 106 Å². The summed E-state index contributed by atoms with van der Waals surface area (Å²) in [4.78, 5) is 13.1. The lowest BCUT2D eigenvalue weighted by atomic mass is 9.96. The molecule has 19 nitrogen and oxygen atoms in total. The fraction of sp³-hybridized carbons (Fsp3) is 0.559. The predicted octanol–water partition coefficient (Wildman–Crippen LogP) is -2.24. The Hall–Kier alpha value is -3.67. The molecule has 0 bridgehead atoms. The molecule has 3 saturated heterocycles. The van der Waals surface area contributed by atoms with E-state index < -0.39 is 110 Å². The van der Waals surface area contributed by atoms with Crippen LogP contribution in [0, 0.1) is 0 Å². The molecule has 0 aliphatic carbocycles. The first-order chi connectivity index (χ1) is 25.1. The SMILES string of the molecule is COc1ccc(-c2cc(=O)c3c(O)cc(O[C@@H]4OC(CO)[C@@H](O[C@@H]5OC(C)[C@H](O)[C@H](O)C5O)[C@H](O)C4O[C@@H]4OC(C)[C@H](O)[C@H](O)C4O)cc3o2)cc1O. The number of aromatic hydroxyl groups is 2. The lowest BCUT2D eigenvalue weighted by molar-refractivity contribution is -0.376. The number of phenolic OH excluding ortho intramolecular Hbond substituents is 2. The van der Waals surface area contributed by atoms with Crippen molar-refractivity contribution in [1.29, 1.82) is 0 Å². The van der Waals surface area contributed by atoms with Crippen molar-refractivity contribution in [3.8, 4) is 34.3 Å². The minimum absolute atomic E-state index is 0.000242. The summed E-state index contributed by atoms with van der Waals surface area (Å²) in [6.07, 6.45) is -24.1. The van der Waals surface area contributed by atoms with Crippen LogP contribution in [-0.2, 0) is 23.7 Å². The van der Waals surface area contributed by atoms with Crippen molar-refractivity contribution < 1.29 is 88.6 Å². The Kier molecular flexibility index (Phi) is 11.5. The lowest BCUT2D eigenvalue weighted by Crippen LogP contribution is -2.66.